The van der Waals surface area contributed by atoms with Gasteiger partial charge in [0.05, 0.1) is 38.6 Å². The molecule has 7 heterocycles. The van der Waals surface area contributed by atoms with Crippen LogP contribution in [-0.2, 0) is 0 Å². The van der Waals surface area contributed by atoms with Crippen LogP contribution in [0.5, 0.6) is 6.01 Å². The molecule has 0 aliphatic carbocycles. The van der Waals surface area contributed by atoms with E-state index >= 15 is 8.78 Å². The molecule has 4 aliphatic rings. The lowest BCUT2D eigenvalue weighted by Gasteiger charge is -2.40. The number of aromatic nitrogens is 3. The Bertz CT molecular complexity index is 2030. The molecule has 3 aromatic heterocycles. The molecule has 0 spiro atoms. The lowest BCUT2D eigenvalue weighted by Crippen LogP contribution is -2.56. The summed E-state index contributed by atoms with van der Waals surface area (Å²) in [6, 6.07) is 1.78. The predicted octanol–water partition coefficient (Wildman–Crippen LogP) is 5.71. The van der Waals surface area contributed by atoms with Crippen LogP contribution in [0.2, 0.25) is 0 Å². The first kappa shape index (κ1) is 30.3. The summed E-state index contributed by atoms with van der Waals surface area (Å²) in [5, 5.41) is 13.5. The average molecular weight is 665 g/mol. The molecule has 3 N–H and O–H groups in total. The zero-order valence-corrected chi connectivity index (χ0v) is 26.5. The smallest absolute Gasteiger partial charge is 0.319 e. The summed E-state index contributed by atoms with van der Waals surface area (Å²) in [4.78, 5) is 17.6. The van der Waals surface area contributed by atoms with Crippen LogP contribution >= 0.6 is 11.3 Å². The van der Waals surface area contributed by atoms with Crippen LogP contribution < -0.4 is 20.7 Å². The minimum absolute atomic E-state index is 0.0118. The van der Waals surface area contributed by atoms with Crippen LogP contribution in [0.1, 0.15) is 50.2 Å². The van der Waals surface area contributed by atoms with Crippen molar-refractivity contribution in [1.82, 2.24) is 25.2 Å². The van der Waals surface area contributed by atoms with Crippen molar-refractivity contribution in [2.75, 3.05) is 43.4 Å². The fourth-order valence-electron chi connectivity index (χ4n) is 8.08. The minimum Gasteiger partial charge on any atom is -0.461 e. The third-order valence-corrected chi connectivity index (χ3v) is 11.4. The number of thiophene rings is 1. The number of piperazine rings is 1. The van der Waals surface area contributed by atoms with Crippen molar-refractivity contribution in [1.29, 1.82) is 5.26 Å². The van der Waals surface area contributed by atoms with Gasteiger partial charge in [-0.1, -0.05) is 13.5 Å². The number of rotatable bonds is 5. The summed E-state index contributed by atoms with van der Waals surface area (Å²) in [6.45, 7) is 8.63. The van der Waals surface area contributed by atoms with E-state index in [2.05, 4.69) is 38.6 Å². The molecule has 4 aromatic rings. The number of alkyl halides is 1. The van der Waals surface area contributed by atoms with E-state index < -0.39 is 34.7 Å². The van der Waals surface area contributed by atoms with Crippen LogP contribution in [-0.4, -0.2) is 76.4 Å². The van der Waals surface area contributed by atoms with Crippen molar-refractivity contribution in [2.45, 2.75) is 62.8 Å². The number of nitrogen functional groups attached to an aromatic ring is 1. The summed E-state index contributed by atoms with van der Waals surface area (Å²) in [5.41, 5.74) is 4.85. The molecule has 9 nitrogen and oxygen atoms in total. The zero-order valence-electron chi connectivity index (χ0n) is 25.7. The molecule has 0 saturated carbocycles. The molecule has 0 amide bonds. The van der Waals surface area contributed by atoms with Gasteiger partial charge in [-0.25, -0.2) is 17.6 Å². The van der Waals surface area contributed by atoms with E-state index in [-0.39, 0.29) is 67.5 Å². The van der Waals surface area contributed by atoms with Gasteiger partial charge in [0.2, 0.25) is 0 Å². The molecule has 1 aromatic carbocycles. The van der Waals surface area contributed by atoms with Gasteiger partial charge in [-0.15, -0.1) is 11.3 Å². The SMILES string of the molecule is C=C1C[C@@H]2CN[C@H](CC)CN2c2nc(OC[C@@]34CCCN3C[C@H](F)C4)nc3c(F)c(-c4ncc(F)c5sc(N)c(C#N)c45)c(F)c1c23. The summed E-state index contributed by atoms with van der Waals surface area (Å²) in [7, 11) is 0. The Kier molecular flexibility index (Phi) is 7.09. The van der Waals surface area contributed by atoms with Gasteiger partial charge in [0, 0.05) is 49.1 Å². The fourth-order valence-corrected chi connectivity index (χ4v) is 9.00. The van der Waals surface area contributed by atoms with E-state index in [0.717, 1.165) is 43.3 Å². The Morgan fingerprint density at radius 1 is 1.21 bits per heavy atom. The van der Waals surface area contributed by atoms with Crippen molar-refractivity contribution >= 4 is 48.7 Å². The first-order valence-electron chi connectivity index (χ1n) is 15.8. The second-order valence-corrected chi connectivity index (χ2v) is 14.1. The highest BCUT2D eigenvalue weighted by Crippen LogP contribution is 2.48. The van der Waals surface area contributed by atoms with Gasteiger partial charge in [0.15, 0.2) is 11.6 Å². The summed E-state index contributed by atoms with van der Waals surface area (Å²) < 4.78 is 69.7. The number of hydrogen-bond acceptors (Lipinski definition) is 10. The van der Waals surface area contributed by atoms with Gasteiger partial charge in [0.1, 0.15) is 41.0 Å². The maximum atomic E-state index is 17.1. The van der Waals surface area contributed by atoms with Crippen molar-refractivity contribution in [2.24, 2.45) is 0 Å². The maximum absolute atomic E-state index is 17.1. The molecule has 0 unspecified atom stereocenters. The average Bonchev–Trinajstić information content (AvgIpc) is 3.67. The van der Waals surface area contributed by atoms with Crippen molar-refractivity contribution < 1.29 is 22.3 Å². The van der Waals surface area contributed by atoms with E-state index in [0.29, 0.717) is 43.9 Å². The number of pyridine rings is 1. The van der Waals surface area contributed by atoms with Crippen LogP contribution in [0.4, 0.5) is 28.4 Å². The third kappa shape index (κ3) is 4.50. The summed E-state index contributed by atoms with van der Waals surface area (Å²) in [5.74, 6) is -2.43. The van der Waals surface area contributed by atoms with Crippen LogP contribution in [0.15, 0.2) is 12.8 Å². The van der Waals surface area contributed by atoms with Crippen molar-refractivity contribution in [3.63, 3.8) is 0 Å². The van der Waals surface area contributed by atoms with E-state index in [4.69, 9.17) is 15.5 Å². The maximum Gasteiger partial charge on any atom is 0.319 e. The van der Waals surface area contributed by atoms with Gasteiger partial charge >= 0.3 is 6.01 Å². The highest BCUT2D eigenvalue weighted by Gasteiger charge is 2.49. The molecule has 3 saturated heterocycles. The Labute approximate surface area is 272 Å². The summed E-state index contributed by atoms with van der Waals surface area (Å²) >= 11 is 0.813. The van der Waals surface area contributed by atoms with E-state index in [9.17, 15) is 14.0 Å². The highest BCUT2D eigenvalue weighted by molar-refractivity contribution is 7.23. The van der Waals surface area contributed by atoms with Gasteiger partial charge in [-0.05, 0) is 37.8 Å². The van der Waals surface area contributed by atoms with Crippen LogP contribution in [0.3, 0.4) is 0 Å². The second kappa shape index (κ2) is 11.0. The molecule has 14 heteroatoms. The Morgan fingerprint density at radius 3 is 2.83 bits per heavy atom. The van der Waals surface area contributed by atoms with Gasteiger partial charge in [0.25, 0.3) is 0 Å². The standard InChI is InChI=1S/C33H32F4N8OS/c1-3-17-13-45-18(10-40-17)7-15(2)21-23-28(42-32(43-31(23)45)46-14-33-5-4-6-44(33)12-16(34)8-33)26(37)24(25(21)36)27-22-19(9-38)30(39)47-29(22)20(35)11-41-27/h11,16-18,40H,2-8,10,12-14,39H2,1H3/t16-,17-,18-,33+/m1/s1. The van der Waals surface area contributed by atoms with Gasteiger partial charge < -0.3 is 20.7 Å². The van der Waals surface area contributed by atoms with Crippen molar-refractivity contribution in [3.8, 4) is 23.3 Å². The Hall–Kier alpha value is -4.06. The van der Waals surface area contributed by atoms with Crippen molar-refractivity contribution in [3.05, 3.63) is 41.4 Å². The number of nitrogens with zero attached hydrogens (tertiary/aromatic N) is 6. The lowest BCUT2D eigenvalue weighted by molar-refractivity contribution is 0.107. The number of fused-ring (bicyclic) bond motifs is 4. The number of hydrogen-bond donors (Lipinski definition) is 2. The first-order valence-corrected chi connectivity index (χ1v) is 16.7. The molecule has 47 heavy (non-hydrogen) atoms. The number of anilines is 2. The molecule has 0 radical (unpaired) electrons. The third-order valence-electron chi connectivity index (χ3n) is 10.4. The number of nitriles is 1. The van der Waals surface area contributed by atoms with Gasteiger partial charge in [-0.3, -0.25) is 9.88 Å². The van der Waals surface area contributed by atoms with E-state index in [1.165, 1.54) is 0 Å². The molecular formula is C33H32F4N8OS. The predicted molar refractivity (Wildman–Crippen MR) is 173 cm³/mol. The Balaban J connectivity index is 1.37. The quantitative estimate of drug-likeness (QED) is 0.259. The molecule has 4 aliphatic heterocycles. The Morgan fingerprint density at radius 2 is 2.04 bits per heavy atom. The number of ether oxygens (including phenoxy) is 1. The van der Waals surface area contributed by atoms with E-state index in [1.807, 2.05) is 6.07 Å². The molecule has 8 rings (SSSR count). The molecule has 4 atom stereocenters. The number of nitrogens with two attached hydrogens (primary N) is 1. The zero-order chi connectivity index (χ0) is 32.8. The summed E-state index contributed by atoms with van der Waals surface area (Å²) in [6.07, 6.45) is 3.09. The lowest BCUT2D eigenvalue weighted by atomic mass is 9.92. The minimum atomic E-state index is -1.05. The topological polar surface area (TPSA) is 116 Å². The normalized spacial score (nSPS) is 25.7. The first-order chi connectivity index (χ1) is 22.6. The largest absolute Gasteiger partial charge is 0.461 e. The van der Waals surface area contributed by atoms with E-state index in [1.54, 1.807) is 0 Å². The monoisotopic (exact) mass is 664 g/mol. The fraction of sp³-hybridized carbons (Fsp3) is 0.455. The molecule has 244 valence electrons. The molecular weight excluding hydrogens is 632 g/mol. The molecule has 0 bridgehead atoms. The number of benzene rings is 1. The van der Waals surface area contributed by atoms with Crippen LogP contribution in [0.25, 0.3) is 37.8 Å². The number of halogens is 4. The highest BCUT2D eigenvalue weighted by atomic mass is 32.1. The van der Waals surface area contributed by atoms with Crippen LogP contribution in [0, 0.1) is 28.8 Å². The number of nitrogens with one attached hydrogen (secondary N) is 1. The molecule has 3 fully saturated rings. The van der Waals surface area contributed by atoms with Gasteiger partial charge in [-0.2, -0.15) is 15.2 Å². The second-order valence-electron chi connectivity index (χ2n) is 13.0.